The highest BCUT2D eigenvalue weighted by Crippen LogP contribution is 2.37. The molecular weight excluding hydrogens is 364 g/mol. The lowest BCUT2D eigenvalue weighted by atomic mass is 10.1. The van der Waals surface area contributed by atoms with Crippen LogP contribution in [-0.4, -0.2) is 33.2 Å². The first-order valence-corrected chi connectivity index (χ1v) is 9.48. The fourth-order valence-electron chi connectivity index (χ4n) is 3.22. The molecule has 4 heterocycles. The number of nitrogens with one attached hydrogen (secondary N) is 1. The van der Waals surface area contributed by atoms with Crippen molar-refractivity contribution in [1.29, 1.82) is 0 Å². The molecule has 0 saturated carbocycles. The number of aryl methyl sites for hydroxylation is 1. The Morgan fingerprint density at radius 3 is 2.89 bits per heavy atom. The number of carbonyl (C=O) groups excluding carboxylic acids is 2. The molecule has 0 bridgehead atoms. The van der Waals surface area contributed by atoms with Crippen LogP contribution >= 0.6 is 11.3 Å². The molecule has 7 nitrogen and oxygen atoms in total. The third kappa shape index (κ3) is 3.48. The van der Waals surface area contributed by atoms with E-state index >= 15 is 0 Å². The molecule has 8 heteroatoms. The summed E-state index contributed by atoms with van der Waals surface area (Å²) in [7, 11) is 0. The van der Waals surface area contributed by atoms with Crippen LogP contribution in [0, 0.1) is 6.92 Å². The molecule has 1 aliphatic rings. The Morgan fingerprint density at radius 1 is 1.26 bits per heavy atom. The first-order chi connectivity index (χ1) is 13.1. The maximum Gasteiger partial charge on any atom is 0.276 e. The lowest BCUT2D eigenvalue weighted by molar-refractivity contribution is 0.0730. The highest BCUT2D eigenvalue weighted by molar-refractivity contribution is 7.14. The summed E-state index contributed by atoms with van der Waals surface area (Å²) in [5, 5.41) is 2.78. The third-order valence-electron chi connectivity index (χ3n) is 4.55. The van der Waals surface area contributed by atoms with Gasteiger partial charge in [-0.2, -0.15) is 0 Å². The van der Waals surface area contributed by atoms with Crippen LogP contribution in [0.2, 0.25) is 0 Å². The number of amides is 2. The molecule has 138 valence electrons. The normalized spacial score (nSPS) is 16.5. The fourth-order valence-corrected chi connectivity index (χ4v) is 4.27. The van der Waals surface area contributed by atoms with Gasteiger partial charge in [-0.25, -0.2) is 9.97 Å². The van der Waals surface area contributed by atoms with Gasteiger partial charge in [-0.1, -0.05) is 6.07 Å². The molecule has 27 heavy (non-hydrogen) atoms. The summed E-state index contributed by atoms with van der Waals surface area (Å²) in [5.41, 5.74) is 0.353. The average Bonchev–Trinajstić information content (AvgIpc) is 3.42. The second-order valence-corrected chi connectivity index (χ2v) is 7.40. The second-order valence-electron chi connectivity index (χ2n) is 6.28. The largest absolute Gasteiger partial charge is 0.448 e. The number of oxazole rings is 1. The van der Waals surface area contributed by atoms with Gasteiger partial charge in [0.2, 0.25) is 0 Å². The van der Waals surface area contributed by atoms with Crippen LogP contribution in [0.1, 0.15) is 49.7 Å². The first kappa shape index (κ1) is 17.4. The van der Waals surface area contributed by atoms with Crippen molar-refractivity contribution in [3.63, 3.8) is 0 Å². The zero-order valence-corrected chi connectivity index (χ0v) is 15.5. The number of thiophene rings is 1. The number of pyridine rings is 1. The van der Waals surface area contributed by atoms with E-state index in [-0.39, 0.29) is 17.9 Å². The van der Waals surface area contributed by atoms with Crippen molar-refractivity contribution >= 4 is 29.0 Å². The molecular formula is C19H18N4O3S. The lowest BCUT2D eigenvalue weighted by Crippen LogP contribution is -2.30. The van der Waals surface area contributed by atoms with Gasteiger partial charge in [0.15, 0.2) is 12.1 Å². The SMILES string of the molecule is Cc1ocnc1C(=O)N1CCC[C@@H]1c1ccc(C(=O)Nc2ccccn2)s1. The van der Waals surface area contributed by atoms with Crippen LogP contribution in [0.15, 0.2) is 47.3 Å². The molecule has 1 aliphatic heterocycles. The molecule has 3 aromatic rings. The van der Waals surface area contributed by atoms with Crippen LogP contribution in [-0.2, 0) is 0 Å². The van der Waals surface area contributed by atoms with Gasteiger partial charge in [-0.15, -0.1) is 11.3 Å². The predicted molar refractivity (Wildman–Crippen MR) is 101 cm³/mol. The molecule has 3 aromatic heterocycles. The van der Waals surface area contributed by atoms with Gasteiger partial charge in [0.05, 0.1) is 10.9 Å². The molecule has 1 saturated heterocycles. The van der Waals surface area contributed by atoms with Crippen molar-refractivity contribution in [2.45, 2.75) is 25.8 Å². The summed E-state index contributed by atoms with van der Waals surface area (Å²) in [5.74, 6) is 0.702. The van der Waals surface area contributed by atoms with E-state index < -0.39 is 0 Å². The van der Waals surface area contributed by atoms with Crippen molar-refractivity contribution in [2.75, 3.05) is 11.9 Å². The Bertz CT molecular complexity index is 966. The topological polar surface area (TPSA) is 88.3 Å². The average molecular weight is 382 g/mol. The number of hydrogen-bond donors (Lipinski definition) is 1. The van der Waals surface area contributed by atoms with Gasteiger partial charge in [-0.3, -0.25) is 9.59 Å². The van der Waals surface area contributed by atoms with Crippen molar-refractivity contribution in [1.82, 2.24) is 14.9 Å². The number of nitrogens with zero attached hydrogens (tertiary/aromatic N) is 3. The monoisotopic (exact) mass is 382 g/mol. The van der Waals surface area contributed by atoms with Crippen molar-refractivity contribution < 1.29 is 14.0 Å². The maximum atomic E-state index is 12.8. The van der Waals surface area contributed by atoms with Crippen molar-refractivity contribution in [2.24, 2.45) is 0 Å². The van der Waals surface area contributed by atoms with Gasteiger partial charge in [-0.05, 0) is 44.0 Å². The summed E-state index contributed by atoms with van der Waals surface area (Å²) in [6, 6.07) is 9.02. The van der Waals surface area contributed by atoms with Crippen molar-refractivity contribution in [3.05, 3.63) is 64.1 Å². The summed E-state index contributed by atoms with van der Waals surface area (Å²) in [4.78, 5) is 36.8. The van der Waals surface area contributed by atoms with E-state index in [1.807, 2.05) is 17.0 Å². The Kier molecular flexibility index (Phi) is 4.72. The van der Waals surface area contributed by atoms with Crippen LogP contribution < -0.4 is 5.32 Å². The number of likely N-dealkylation sites (tertiary alicyclic amines) is 1. The predicted octanol–water partition coefficient (Wildman–Crippen LogP) is 3.67. The van der Waals surface area contributed by atoms with Crippen LogP contribution in [0.4, 0.5) is 5.82 Å². The summed E-state index contributed by atoms with van der Waals surface area (Å²) >= 11 is 1.40. The molecule has 1 fully saturated rings. The number of hydrogen-bond acceptors (Lipinski definition) is 6. The van der Waals surface area contributed by atoms with Gasteiger partial charge in [0.1, 0.15) is 11.6 Å². The fraction of sp³-hybridized carbons (Fsp3) is 0.263. The molecule has 0 aliphatic carbocycles. The Balaban J connectivity index is 1.51. The maximum absolute atomic E-state index is 12.8. The van der Waals surface area contributed by atoms with E-state index in [9.17, 15) is 9.59 Å². The number of rotatable bonds is 4. The molecule has 1 N–H and O–H groups in total. The smallest absolute Gasteiger partial charge is 0.276 e. The van der Waals surface area contributed by atoms with Gasteiger partial charge < -0.3 is 14.6 Å². The van der Waals surface area contributed by atoms with E-state index in [2.05, 4.69) is 15.3 Å². The van der Waals surface area contributed by atoms with Gasteiger partial charge in [0.25, 0.3) is 11.8 Å². The third-order valence-corrected chi connectivity index (χ3v) is 5.73. The Labute approximate surface area is 160 Å². The van der Waals surface area contributed by atoms with Crippen LogP contribution in [0.3, 0.4) is 0 Å². The molecule has 2 amide bonds. The van der Waals surface area contributed by atoms with E-state index in [1.165, 1.54) is 17.7 Å². The molecule has 1 atom stereocenters. The van der Waals surface area contributed by atoms with E-state index in [0.29, 0.717) is 28.7 Å². The quantitative estimate of drug-likeness (QED) is 0.744. The summed E-state index contributed by atoms with van der Waals surface area (Å²) < 4.78 is 5.16. The zero-order valence-electron chi connectivity index (χ0n) is 14.7. The Morgan fingerprint density at radius 2 is 2.15 bits per heavy atom. The first-order valence-electron chi connectivity index (χ1n) is 8.66. The van der Waals surface area contributed by atoms with E-state index in [0.717, 1.165) is 17.7 Å². The number of aromatic nitrogens is 2. The molecule has 0 spiro atoms. The minimum Gasteiger partial charge on any atom is -0.448 e. The lowest BCUT2D eigenvalue weighted by Gasteiger charge is -2.23. The molecule has 0 radical (unpaired) electrons. The number of anilines is 1. The highest BCUT2D eigenvalue weighted by atomic mass is 32.1. The molecule has 4 rings (SSSR count). The second kappa shape index (κ2) is 7.32. The van der Waals surface area contributed by atoms with Gasteiger partial charge >= 0.3 is 0 Å². The minimum absolute atomic E-state index is 0.0463. The van der Waals surface area contributed by atoms with Crippen molar-refractivity contribution in [3.8, 4) is 0 Å². The standard InChI is InChI=1S/C19H18N4O3S/c1-12-17(21-11-26-12)19(25)23-10-4-5-13(23)14-7-8-15(27-14)18(24)22-16-6-2-3-9-20-16/h2-3,6-9,11,13H,4-5,10H2,1H3,(H,20,22,24)/t13-/m1/s1. The van der Waals surface area contributed by atoms with E-state index in [1.54, 1.807) is 31.3 Å². The summed E-state index contributed by atoms with van der Waals surface area (Å²) in [6.45, 7) is 2.40. The van der Waals surface area contributed by atoms with Crippen LogP contribution in [0.25, 0.3) is 0 Å². The molecule has 0 unspecified atom stereocenters. The molecule has 0 aromatic carbocycles. The Hall–Kier alpha value is -3.00. The number of carbonyl (C=O) groups is 2. The van der Waals surface area contributed by atoms with E-state index in [4.69, 9.17) is 4.42 Å². The zero-order chi connectivity index (χ0) is 18.8. The summed E-state index contributed by atoms with van der Waals surface area (Å²) in [6.07, 6.45) is 4.70. The van der Waals surface area contributed by atoms with Crippen LogP contribution in [0.5, 0.6) is 0 Å². The van der Waals surface area contributed by atoms with Gasteiger partial charge in [0, 0.05) is 17.6 Å². The highest BCUT2D eigenvalue weighted by Gasteiger charge is 2.33. The minimum atomic E-state index is -0.201.